The quantitative estimate of drug-likeness (QED) is 0.665. The zero-order chi connectivity index (χ0) is 16.9. The molecule has 4 aliphatic rings. The summed E-state index contributed by atoms with van der Waals surface area (Å²) in [4.78, 5) is 0.0712. The Morgan fingerprint density at radius 1 is 0.625 bits per heavy atom. The van der Waals surface area contributed by atoms with Crippen LogP contribution >= 0.6 is 0 Å². The summed E-state index contributed by atoms with van der Waals surface area (Å²) in [5.41, 5.74) is 1.55. The van der Waals surface area contributed by atoms with Crippen molar-refractivity contribution in [1.29, 1.82) is 0 Å². The first-order chi connectivity index (χ1) is 11.4. The largest absolute Gasteiger partial charge is 0.297 e. The molecule has 1 aliphatic carbocycles. The van der Waals surface area contributed by atoms with Crippen LogP contribution in [0.3, 0.4) is 0 Å². The lowest BCUT2D eigenvalue weighted by Crippen LogP contribution is -2.43. The Balaban J connectivity index is 1.87. The standard InChI is InChI=1S/C16H14O6S2/c17-23(18)13-5-1-11(2-6-13)12-3-7-14(8-4-12)24(19,20)22-16-10-9-15(16)21-23/h1-8,15-16H,9-10H2. The fraction of sp³-hybridized carbons (Fsp3) is 0.250. The summed E-state index contributed by atoms with van der Waals surface area (Å²) in [6.45, 7) is 0. The van der Waals surface area contributed by atoms with Gasteiger partial charge in [-0.1, -0.05) is 24.3 Å². The Kier molecular flexibility index (Phi) is 3.54. The maximum Gasteiger partial charge on any atom is 0.297 e. The first kappa shape index (κ1) is 15.8. The lowest BCUT2D eigenvalue weighted by atomic mass is 9.93. The monoisotopic (exact) mass is 366 g/mol. The highest BCUT2D eigenvalue weighted by Crippen LogP contribution is 2.34. The van der Waals surface area contributed by atoms with Gasteiger partial charge in [-0.3, -0.25) is 8.37 Å². The second kappa shape index (κ2) is 5.38. The van der Waals surface area contributed by atoms with Gasteiger partial charge in [0.25, 0.3) is 20.2 Å². The van der Waals surface area contributed by atoms with Gasteiger partial charge in [-0.05, 0) is 48.2 Å². The topological polar surface area (TPSA) is 86.7 Å². The first-order valence-corrected chi connectivity index (χ1v) is 10.2. The maximum absolute atomic E-state index is 12.3. The van der Waals surface area contributed by atoms with Crippen LogP contribution in [0.15, 0.2) is 58.3 Å². The highest BCUT2D eigenvalue weighted by atomic mass is 32.2. The van der Waals surface area contributed by atoms with Gasteiger partial charge in [0, 0.05) is 0 Å². The van der Waals surface area contributed by atoms with E-state index in [1.165, 1.54) is 24.3 Å². The molecule has 6 nitrogen and oxygen atoms in total. The predicted octanol–water partition coefficient (Wildman–Crippen LogP) is 2.31. The van der Waals surface area contributed by atoms with Crippen molar-refractivity contribution >= 4 is 20.2 Å². The molecule has 0 saturated heterocycles. The van der Waals surface area contributed by atoms with E-state index < -0.39 is 32.4 Å². The Labute approximate surface area is 140 Å². The van der Waals surface area contributed by atoms with Crippen molar-refractivity contribution in [2.45, 2.75) is 34.8 Å². The molecule has 1 fully saturated rings. The summed E-state index contributed by atoms with van der Waals surface area (Å²) in [6.07, 6.45) is -0.745. The molecule has 4 bridgehead atoms. The minimum atomic E-state index is -3.96. The lowest BCUT2D eigenvalue weighted by molar-refractivity contribution is -0.0122. The van der Waals surface area contributed by atoms with E-state index >= 15 is 0 Å². The van der Waals surface area contributed by atoms with Gasteiger partial charge in [-0.15, -0.1) is 0 Å². The van der Waals surface area contributed by atoms with Gasteiger partial charge >= 0.3 is 0 Å². The van der Waals surface area contributed by atoms with E-state index in [0.717, 1.165) is 11.1 Å². The molecule has 0 spiro atoms. The molecule has 1 saturated carbocycles. The average Bonchev–Trinajstić information content (AvgIpc) is 2.57. The molecule has 24 heavy (non-hydrogen) atoms. The smallest absolute Gasteiger partial charge is 0.260 e. The average molecular weight is 366 g/mol. The zero-order valence-corrected chi connectivity index (χ0v) is 14.1. The molecule has 6 rings (SSSR count). The van der Waals surface area contributed by atoms with Crippen molar-refractivity contribution in [2.75, 3.05) is 0 Å². The third kappa shape index (κ3) is 2.65. The second-order valence-electron chi connectivity index (χ2n) is 5.80. The van der Waals surface area contributed by atoms with Crippen LogP contribution in [-0.4, -0.2) is 29.0 Å². The van der Waals surface area contributed by atoms with Crippen LogP contribution in [-0.2, 0) is 28.6 Å². The first-order valence-electron chi connectivity index (χ1n) is 7.42. The van der Waals surface area contributed by atoms with Crippen LogP contribution in [0.2, 0.25) is 0 Å². The van der Waals surface area contributed by atoms with E-state index in [2.05, 4.69) is 0 Å². The van der Waals surface area contributed by atoms with Crippen LogP contribution in [0.1, 0.15) is 12.8 Å². The second-order valence-corrected chi connectivity index (χ2v) is 8.95. The summed E-state index contributed by atoms with van der Waals surface area (Å²) in [5, 5.41) is 0. The molecule has 0 amide bonds. The number of hydrogen-bond donors (Lipinski definition) is 0. The number of benzene rings is 2. The van der Waals surface area contributed by atoms with Gasteiger partial charge in [-0.25, -0.2) is 0 Å². The molecule has 0 aromatic heterocycles. The molecule has 3 aliphatic heterocycles. The summed E-state index contributed by atoms with van der Waals surface area (Å²) >= 11 is 0. The Morgan fingerprint density at radius 2 is 0.958 bits per heavy atom. The lowest BCUT2D eigenvalue weighted by Gasteiger charge is -2.34. The van der Waals surface area contributed by atoms with Crippen molar-refractivity contribution in [2.24, 2.45) is 0 Å². The van der Waals surface area contributed by atoms with E-state index in [1.807, 2.05) is 0 Å². The van der Waals surface area contributed by atoms with E-state index in [1.54, 1.807) is 24.3 Å². The molecular weight excluding hydrogens is 352 g/mol. The third-order valence-electron chi connectivity index (χ3n) is 4.27. The van der Waals surface area contributed by atoms with Gasteiger partial charge in [0.15, 0.2) is 0 Å². The van der Waals surface area contributed by atoms with Crippen LogP contribution in [0.4, 0.5) is 0 Å². The minimum absolute atomic E-state index is 0.0356. The van der Waals surface area contributed by atoms with Crippen molar-refractivity contribution in [3.63, 3.8) is 0 Å². The molecule has 3 heterocycles. The Morgan fingerprint density at radius 3 is 1.25 bits per heavy atom. The van der Waals surface area contributed by atoms with Crippen molar-refractivity contribution in [3.8, 4) is 11.1 Å². The molecule has 2 aromatic rings. The molecule has 2 atom stereocenters. The van der Waals surface area contributed by atoms with Crippen LogP contribution < -0.4 is 0 Å². The molecule has 126 valence electrons. The highest BCUT2D eigenvalue weighted by Gasteiger charge is 2.40. The van der Waals surface area contributed by atoms with Crippen LogP contribution in [0.25, 0.3) is 11.1 Å². The van der Waals surface area contributed by atoms with Crippen molar-refractivity contribution in [3.05, 3.63) is 48.5 Å². The minimum Gasteiger partial charge on any atom is -0.260 e. The summed E-state index contributed by atoms with van der Waals surface area (Å²) in [5.74, 6) is 0. The molecular formula is C16H14O6S2. The summed E-state index contributed by atoms with van der Waals surface area (Å²) in [6, 6.07) is 12.6. The van der Waals surface area contributed by atoms with Crippen LogP contribution in [0.5, 0.6) is 0 Å². The van der Waals surface area contributed by atoms with Gasteiger partial charge in [-0.2, -0.15) is 16.8 Å². The van der Waals surface area contributed by atoms with Gasteiger partial charge < -0.3 is 0 Å². The SMILES string of the molecule is O=S1(=O)OC2CCC2OS(=O)(=O)c2ccc(cc2)-c2ccc1cc2. The molecule has 8 heteroatoms. The highest BCUT2D eigenvalue weighted by molar-refractivity contribution is 7.87. The van der Waals surface area contributed by atoms with E-state index in [0.29, 0.717) is 12.8 Å². The predicted molar refractivity (Wildman–Crippen MR) is 85.2 cm³/mol. The number of hydrogen-bond acceptors (Lipinski definition) is 6. The molecule has 0 radical (unpaired) electrons. The molecule has 2 aromatic carbocycles. The van der Waals surface area contributed by atoms with E-state index in [-0.39, 0.29) is 9.79 Å². The third-order valence-corrected chi connectivity index (χ3v) is 6.97. The van der Waals surface area contributed by atoms with E-state index in [4.69, 9.17) is 8.37 Å². The number of fused-ring (bicyclic) bond motifs is 2. The van der Waals surface area contributed by atoms with Crippen molar-refractivity contribution < 1.29 is 25.2 Å². The number of rotatable bonds is 0. The van der Waals surface area contributed by atoms with E-state index in [9.17, 15) is 16.8 Å². The Bertz CT molecular complexity index is 892. The fourth-order valence-corrected chi connectivity index (χ4v) is 4.98. The van der Waals surface area contributed by atoms with Crippen LogP contribution in [0, 0.1) is 0 Å². The zero-order valence-electron chi connectivity index (χ0n) is 12.5. The van der Waals surface area contributed by atoms with Gasteiger partial charge in [0.1, 0.15) is 12.2 Å². The maximum atomic E-state index is 12.3. The van der Waals surface area contributed by atoms with Gasteiger partial charge in [0.05, 0.1) is 9.79 Å². The summed E-state index contributed by atoms with van der Waals surface area (Å²) in [7, 11) is -7.92. The Hall–Kier alpha value is -1.74. The molecule has 0 N–H and O–H groups in total. The summed E-state index contributed by atoms with van der Waals surface area (Å²) < 4.78 is 59.6. The normalized spacial score (nSPS) is 27.0. The van der Waals surface area contributed by atoms with Crippen molar-refractivity contribution in [1.82, 2.24) is 0 Å². The molecule has 2 unspecified atom stereocenters. The van der Waals surface area contributed by atoms with Gasteiger partial charge in [0.2, 0.25) is 0 Å². The fourth-order valence-electron chi connectivity index (χ4n) is 2.72.